The van der Waals surface area contributed by atoms with Crippen LogP contribution in [-0.4, -0.2) is 54.6 Å². The van der Waals surface area contributed by atoms with Crippen molar-refractivity contribution in [3.63, 3.8) is 0 Å². The number of likely N-dealkylation sites (tertiary alicyclic amines) is 2. The molecule has 0 aromatic carbocycles. The fourth-order valence-corrected chi connectivity index (χ4v) is 3.67. The van der Waals surface area contributed by atoms with Crippen LogP contribution in [0.25, 0.3) is 0 Å². The van der Waals surface area contributed by atoms with Crippen LogP contribution < -0.4 is 5.73 Å². The van der Waals surface area contributed by atoms with Crippen LogP contribution in [0.5, 0.6) is 0 Å². The summed E-state index contributed by atoms with van der Waals surface area (Å²) in [6, 6.07) is 1.57. The topological polar surface area (TPSA) is 32.5 Å². The number of rotatable bonds is 4. The lowest BCUT2D eigenvalue weighted by atomic mass is 9.91. The molecule has 2 rings (SSSR count). The highest BCUT2D eigenvalue weighted by atomic mass is 15.2. The van der Waals surface area contributed by atoms with Gasteiger partial charge in [0.25, 0.3) is 0 Å². The van der Waals surface area contributed by atoms with Gasteiger partial charge in [0.1, 0.15) is 0 Å². The van der Waals surface area contributed by atoms with Crippen molar-refractivity contribution in [1.29, 1.82) is 0 Å². The Morgan fingerprint density at radius 1 is 1.11 bits per heavy atom. The Bertz CT molecular complexity index is 232. The van der Waals surface area contributed by atoms with E-state index in [9.17, 15) is 0 Å². The predicted octanol–water partition coefficient (Wildman–Crippen LogP) is 1.92. The Kier molecular flexibility index (Phi) is 5.46. The Balaban J connectivity index is 1.78. The summed E-state index contributed by atoms with van der Waals surface area (Å²) in [7, 11) is 0. The molecule has 2 N–H and O–H groups in total. The zero-order valence-corrected chi connectivity index (χ0v) is 12.3. The molecule has 106 valence electrons. The quantitative estimate of drug-likeness (QED) is 0.831. The van der Waals surface area contributed by atoms with Crippen molar-refractivity contribution >= 4 is 0 Å². The van der Waals surface area contributed by atoms with Crippen LogP contribution in [0, 0.1) is 5.92 Å². The lowest BCUT2D eigenvalue weighted by Gasteiger charge is -2.43. The van der Waals surface area contributed by atoms with Gasteiger partial charge in [0, 0.05) is 18.6 Å². The fraction of sp³-hybridized carbons (Fsp3) is 1.00. The average Bonchev–Trinajstić information content (AvgIpc) is 2.39. The molecule has 0 bridgehead atoms. The van der Waals surface area contributed by atoms with Crippen molar-refractivity contribution in [2.75, 3.05) is 32.7 Å². The van der Waals surface area contributed by atoms with Crippen molar-refractivity contribution in [3.05, 3.63) is 0 Å². The highest BCUT2D eigenvalue weighted by molar-refractivity contribution is 4.84. The van der Waals surface area contributed by atoms with E-state index in [2.05, 4.69) is 23.6 Å². The number of hydrogen-bond acceptors (Lipinski definition) is 3. The first-order valence-electron chi connectivity index (χ1n) is 7.89. The molecule has 0 aromatic rings. The second-order valence-corrected chi connectivity index (χ2v) is 6.44. The van der Waals surface area contributed by atoms with Gasteiger partial charge in [-0.25, -0.2) is 0 Å². The monoisotopic (exact) mass is 253 g/mol. The molecule has 18 heavy (non-hydrogen) atoms. The molecule has 0 saturated carbocycles. The molecule has 1 unspecified atom stereocenters. The maximum absolute atomic E-state index is 5.71. The first-order valence-corrected chi connectivity index (χ1v) is 7.89. The standard InChI is InChI=1S/C15H31N3/c1-13(2)17-10-6-15(7-11-17)18-9-3-4-14(12-18)5-8-16/h13-15H,3-12,16H2,1-2H3. The van der Waals surface area contributed by atoms with Gasteiger partial charge >= 0.3 is 0 Å². The van der Waals surface area contributed by atoms with Crippen LogP contribution in [0.2, 0.25) is 0 Å². The zero-order chi connectivity index (χ0) is 13.0. The summed E-state index contributed by atoms with van der Waals surface area (Å²) in [5.41, 5.74) is 5.71. The third-order valence-corrected chi connectivity index (χ3v) is 4.87. The summed E-state index contributed by atoms with van der Waals surface area (Å²) in [6.07, 6.45) is 6.75. The van der Waals surface area contributed by atoms with E-state index in [1.165, 1.54) is 58.3 Å². The smallest absolute Gasteiger partial charge is 0.0120 e. The van der Waals surface area contributed by atoms with E-state index in [0.29, 0.717) is 0 Å². The van der Waals surface area contributed by atoms with Gasteiger partial charge in [0.05, 0.1) is 0 Å². The molecule has 0 amide bonds. The molecule has 2 saturated heterocycles. The molecule has 2 fully saturated rings. The van der Waals surface area contributed by atoms with E-state index >= 15 is 0 Å². The SMILES string of the molecule is CC(C)N1CCC(N2CCCC(CCN)C2)CC1. The minimum atomic E-state index is 0.720. The minimum absolute atomic E-state index is 0.720. The van der Waals surface area contributed by atoms with Crippen LogP contribution in [0.15, 0.2) is 0 Å². The molecule has 3 nitrogen and oxygen atoms in total. The summed E-state index contributed by atoms with van der Waals surface area (Å²) in [5, 5.41) is 0. The molecular weight excluding hydrogens is 222 g/mol. The third kappa shape index (κ3) is 3.69. The molecule has 0 spiro atoms. The van der Waals surface area contributed by atoms with Crippen LogP contribution >= 0.6 is 0 Å². The average molecular weight is 253 g/mol. The molecule has 2 aliphatic rings. The summed E-state index contributed by atoms with van der Waals surface area (Å²) in [6.45, 7) is 10.7. The lowest BCUT2D eigenvalue weighted by molar-refractivity contribution is 0.0607. The maximum atomic E-state index is 5.71. The van der Waals surface area contributed by atoms with Crippen LogP contribution in [0.3, 0.4) is 0 Å². The van der Waals surface area contributed by atoms with Crippen LogP contribution in [-0.2, 0) is 0 Å². The summed E-state index contributed by atoms with van der Waals surface area (Å²) >= 11 is 0. The van der Waals surface area contributed by atoms with E-state index in [0.717, 1.165) is 24.5 Å². The molecule has 3 heteroatoms. The Labute approximate surface area is 113 Å². The lowest BCUT2D eigenvalue weighted by Crippen LogP contribution is -2.49. The number of hydrogen-bond donors (Lipinski definition) is 1. The number of nitrogens with zero attached hydrogens (tertiary/aromatic N) is 2. The van der Waals surface area contributed by atoms with Gasteiger partial charge < -0.3 is 15.5 Å². The van der Waals surface area contributed by atoms with Crippen LogP contribution in [0.4, 0.5) is 0 Å². The maximum Gasteiger partial charge on any atom is 0.0120 e. The molecular formula is C15H31N3. The first-order chi connectivity index (χ1) is 8.70. The third-order valence-electron chi connectivity index (χ3n) is 4.87. The van der Waals surface area contributed by atoms with E-state index in [1.807, 2.05) is 0 Å². The minimum Gasteiger partial charge on any atom is -0.330 e. The molecule has 0 radical (unpaired) electrons. The largest absolute Gasteiger partial charge is 0.330 e. The van der Waals surface area contributed by atoms with E-state index in [4.69, 9.17) is 5.73 Å². The zero-order valence-electron chi connectivity index (χ0n) is 12.3. The van der Waals surface area contributed by atoms with E-state index in [1.54, 1.807) is 0 Å². The van der Waals surface area contributed by atoms with Gasteiger partial charge in [-0.05, 0) is 78.0 Å². The van der Waals surface area contributed by atoms with Crippen molar-refractivity contribution in [2.24, 2.45) is 11.7 Å². The van der Waals surface area contributed by atoms with Gasteiger partial charge in [-0.3, -0.25) is 0 Å². The Hall–Kier alpha value is -0.120. The van der Waals surface area contributed by atoms with E-state index in [-0.39, 0.29) is 0 Å². The molecule has 1 atom stereocenters. The van der Waals surface area contributed by atoms with Gasteiger partial charge in [0.15, 0.2) is 0 Å². The highest BCUT2D eigenvalue weighted by Crippen LogP contribution is 2.25. The van der Waals surface area contributed by atoms with Gasteiger partial charge in [-0.15, -0.1) is 0 Å². The second kappa shape index (κ2) is 6.88. The summed E-state index contributed by atoms with van der Waals surface area (Å²) < 4.78 is 0. The predicted molar refractivity (Wildman–Crippen MR) is 77.7 cm³/mol. The van der Waals surface area contributed by atoms with Gasteiger partial charge in [-0.2, -0.15) is 0 Å². The Morgan fingerprint density at radius 2 is 1.83 bits per heavy atom. The van der Waals surface area contributed by atoms with Crippen molar-refractivity contribution in [2.45, 2.75) is 58.0 Å². The molecule has 2 heterocycles. The second-order valence-electron chi connectivity index (χ2n) is 6.44. The molecule has 0 aliphatic carbocycles. The van der Waals surface area contributed by atoms with Gasteiger partial charge in [0.2, 0.25) is 0 Å². The highest BCUT2D eigenvalue weighted by Gasteiger charge is 2.28. The number of piperidine rings is 2. The van der Waals surface area contributed by atoms with Crippen molar-refractivity contribution in [3.8, 4) is 0 Å². The summed E-state index contributed by atoms with van der Waals surface area (Å²) in [4.78, 5) is 5.39. The normalized spacial score (nSPS) is 29.0. The molecule has 2 aliphatic heterocycles. The van der Waals surface area contributed by atoms with Crippen molar-refractivity contribution in [1.82, 2.24) is 9.80 Å². The van der Waals surface area contributed by atoms with Crippen molar-refractivity contribution < 1.29 is 0 Å². The fourth-order valence-electron chi connectivity index (χ4n) is 3.67. The van der Waals surface area contributed by atoms with Gasteiger partial charge in [-0.1, -0.05) is 0 Å². The van der Waals surface area contributed by atoms with E-state index < -0.39 is 0 Å². The first kappa shape index (κ1) is 14.3. The number of nitrogens with two attached hydrogens (primary N) is 1. The summed E-state index contributed by atoms with van der Waals surface area (Å²) in [5.74, 6) is 0.867. The molecule has 0 aromatic heterocycles. The Morgan fingerprint density at radius 3 is 2.44 bits per heavy atom. The van der Waals surface area contributed by atoms with Crippen LogP contribution in [0.1, 0.15) is 46.0 Å².